The average Bonchev–Trinajstić information content (AvgIpc) is 2.25. The van der Waals surface area contributed by atoms with Crippen molar-refractivity contribution < 1.29 is 4.74 Å². The van der Waals surface area contributed by atoms with Crippen molar-refractivity contribution in [2.24, 2.45) is 5.92 Å². The van der Waals surface area contributed by atoms with Gasteiger partial charge in [-0.3, -0.25) is 0 Å². The van der Waals surface area contributed by atoms with Gasteiger partial charge in [0.25, 0.3) is 0 Å². The lowest BCUT2D eigenvalue weighted by molar-refractivity contribution is 0.412. The van der Waals surface area contributed by atoms with Gasteiger partial charge in [-0.2, -0.15) is 0 Å². The van der Waals surface area contributed by atoms with Crippen LogP contribution in [0.25, 0.3) is 0 Å². The highest BCUT2D eigenvalue weighted by molar-refractivity contribution is 9.10. The van der Waals surface area contributed by atoms with Gasteiger partial charge in [0.2, 0.25) is 0 Å². The van der Waals surface area contributed by atoms with E-state index in [1.807, 2.05) is 6.07 Å². The van der Waals surface area contributed by atoms with Gasteiger partial charge in [0, 0.05) is 4.83 Å². The summed E-state index contributed by atoms with van der Waals surface area (Å²) >= 11 is 7.24. The Bertz CT molecular complexity index is 337. The molecule has 0 N–H and O–H groups in total. The summed E-state index contributed by atoms with van der Waals surface area (Å²) in [7, 11) is 1.68. The summed E-state index contributed by atoms with van der Waals surface area (Å²) in [5, 5.41) is 0. The normalized spacial score (nSPS) is 12.9. The Kier molecular flexibility index (Phi) is 5.84. The molecule has 0 aliphatic rings. The summed E-state index contributed by atoms with van der Waals surface area (Å²) in [6.07, 6.45) is 2.40. The lowest BCUT2D eigenvalue weighted by Gasteiger charge is -2.13. The first-order valence-corrected chi connectivity index (χ1v) is 7.23. The van der Waals surface area contributed by atoms with Crippen LogP contribution in [0.1, 0.15) is 37.1 Å². The first kappa shape index (κ1) is 14.0. The second-order valence-electron chi connectivity index (χ2n) is 4.33. The van der Waals surface area contributed by atoms with Crippen LogP contribution in [0.4, 0.5) is 0 Å². The van der Waals surface area contributed by atoms with Crippen molar-refractivity contribution in [3.8, 4) is 5.75 Å². The number of benzene rings is 1. The van der Waals surface area contributed by atoms with E-state index in [0.29, 0.717) is 4.83 Å². The van der Waals surface area contributed by atoms with E-state index in [2.05, 4.69) is 57.8 Å². The van der Waals surface area contributed by atoms with Crippen LogP contribution >= 0.6 is 31.9 Å². The molecule has 0 aromatic heterocycles. The monoisotopic (exact) mass is 348 g/mol. The molecule has 0 bridgehead atoms. The molecule has 0 heterocycles. The molecule has 1 atom stereocenters. The SMILES string of the molecule is COc1ccc(C(Br)CCC(C)C)cc1Br. The third-order valence-corrected chi connectivity index (χ3v) is 4.14. The molecule has 3 heteroatoms. The Morgan fingerprint density at radius 1 is 1.25 bits per heavy atom. The average molecular weight is 350 g/mol. The Balaban J connectivity index is 2.69. The lowest BCUT2D eigenvalue weighted by Crippen LogP contribution is -1.95. The van der Waals surface area contributed by atoms with E-state index in [1.54, 1.807) is 7.11 Å². The fraction of sp³-hybridized carbons (Fsp3) is 0.538. The summed E-state index contributed by atoms with van der Waals surface area (Å²) in [5.41, 5.74) is 1.30. The van der Waals surface area contributed by atoms with E-state index in [-0.39, 0.29) is 0 Å². The lowest BCUT2D eigenvalue weighted by atomic mass is 10.0. The Morgan fingerprint density at radius 3 is 2.44 bits per heavy atom. The highest BCUT2D eigenvalue weighted by Gasteiger charge is 2.10. The number of hydrogen-bond acceptors (Lipinski definition) is 1. The van der Waals surface area contributed by atoms with Gasteiger partial charge in [0.05, 0.1) is 11.6 Å². The van der Waals surface area contributed by atoms with Crippen LogP contribution in [0, 0.1) is 5.92 Å². The van der Waals surface area contributed by atoms with Crippen LogP contribution in [0.15, 0.2) is 22.7 Å². The molecular weight excluding hydrogens is 332 g/mol. The first-order valence-electron chi connectivity index (χ1n) is 5.52. The molecule has 0 amide bonds. The number of hydrogen-bond donors (Lipinski definition) is 0. The van der Waals surface area contributed by atoms with Gasteiger partial charge in [-0.1, -0.05) is 35.8 Å². The topological polar surface area (TPSA) is 9.23 Å². The smallest absolute Gasteiger partial charge is 0.133 e. The molecule has 0 spiro atoms. The number of halogens is 2. The zero-order chi connectivity index (χ0) is 12.1. The molecule has 90 valence electrons. The van der Waals surface area contributed by atoms with Crippen molar-refractivity contribution >= 4 is 31.9 Å². The van der Waals surface area contributed by atoms with Gasteiger partial charge in [-0.25, -0.2) is 0 Å². The van der Waals surface area contributed by atoms with E-state index in [0.717, 1.165) is 22.6 Å². The molecule has 1 aromatic carbocycles. The Morgan fingerprint density at radius 2 is 1.94 bits per heavy atom. The molecule has 0 saturated carbocycles. The molecule has 1 nitrogen and oxygen atoms in total. The minimum absolute atomic E-state index is 0.428. The fourth-order valence-corrected chi connectivity index (χ4v) is 2.63. The second-order valence-corrected chi connectivity index (χ2v) is 6.29. The van der Waals surface area contributed by atoms with Gasteiger partial charge in [-0.15, -0.1) is 0 Å². The molecule has 0 aliphatic carbocycles. The third-order valence-electron chi connectivity index (χ3n) is 2.54. The van der Waals surface area contributed by atoms with Gasteiger partial charge in [0.1, 0.15) is 5.75 Å². The standard InChI is InChI=1S/C13H18Br2O/c1-9(2)4-6-11(14)10-5-7-13(16-3)12(15)8-10/h5,7-9,11H,4,6H2,1-3H3. The maximum atomic E-state index is 5.22. The number of rotatable bonds is 5. The molecule has 0 fully saturated rings. The summed E-state index contributed by atoms with van der Waals surface area (Å²) in [5.74, 6) is 1.63. The molecule has 1 rings (SSSR count). The van der Waals surface area contributed by atoms with Gasteiger partial charge >= 0.3 is 0 Å². The molecular formula is C13H18Br2O. The predicted molar refractivity (Wildman–Crippen MR) is 76.4 cm³/mol. The van der Waals surface area contributed by atoms with Crippen LogP contribution < -0.4 is 4.74 Å². The van der Waals surface area contributed by atoms with Crippen molar-refractivity contribution in [2.75, 3.05) is 7.11 Å². The minimum atomic E-state index is 0.428. The molecule has 16 heavy (non-hydrogen) atoms. The highest BCUT2D eigenvalue weighted by atomic mass is 79.9. The van der Waals surface area contributed by atoms with Crippen molar-refractivity contribution in [3.05, 3.63) is 28.2 Å². The van der Waals surface area contributed by atoms with Gasteiger partial charge in [-0.05, 0) is 52.4 Å². The number of ether oxygens (including phenoxy) is 1. The maximum Gasteiger partial charge on any atom is 0.133 e. The summed E-state index contributed by atoms with van der Waals surface area (Å²) < 4.78 is 6.23. The van der Waals surface area contributed by atoms with Crippen LogP contribution in [0.5, 0.6) is 5.75 Å². The molecule has 0 radical (unpaired) electrons. The quantitative estimate of drug-likeness (QED) is 0.653. The van der Waals surface area contributed by atoms with Crippen LogP contribution in [0.2, 0.25) is 0 Å². The van der Waals surface area contributed by atoms with Crippen molar-refractivity contribution in [1.29, 1.82) is 0 Å². The Hall–Kier alpha value is -0.0200. The number of methoxy groups -OCH3 is 1. The predicted octanol–water partition coefficient (Wildman–Crippen LogP) is 5.33. The van der Waals surface area contributed by atoms with Crippen molar-refractivity contribution in [1.82, 2.24) is 0 Å². The maximum absolute atomic E-state index is 5.22. The summed E-state index contributed by atoms with van der Waals surface area (Å²) in [6, 6.07) is 6.24. The van der Waals surface area contributed by atoms with E-state index < -0.39 is 0 Å². The van der Waals surface area contributed by atoms with Crippen molar-refractivity contribution in [3.63, 3.8) is 0 Å². The molecule has 1 aromatic rings. The van der Waals surface area contributed by atoms with E-state index >= 15 is 0 Å². The van der Waals surface area contributed by atoms with E-state index in [1.165, 1.54) is 12.0 Å². The van der Waals surface area contributed by atoms with Crippen LogP contribution in [-0.4, -0.2) is 7.11 Å². The van der Waals surface area contributed by atoms with Crippen LogP contribution in [0.3, 0.4) is 0 Å². The molecule has 0 saturated heterocycles. The fourth-order valence-electron chi connectivity index (χ4n) is 1.52. The molecule has 0 aliphatic heterocycles. The van der Waals surface area contributed by atoms with E-state index in [9.17, 15) is 0 Å². The van der Waals surface area contributed by atoms with E-state index in [4.69, 9.17) is 4.74 Å². The van der Waals surface area contributed by atoms with Crippen molar-refractivity contribution in [2.45, 2.75) is 31.5 Å². The zero-order valence-corrected chi connectivity index (χ0v) is 13.1. The van der Waals surface area contributed by atoms with Gasteiger partial charge in [0.15, 0.2) is 0 Å². The van der Waals surface area contributed by atoms with Gasteiger partial charge < -0.3 is 4.74 Å². The summed E-state index contributed by atoms with van der Waals surface area (Å²) in [4.78, 5) is 0.428. The summed E-state index contributed by atoms with van der Waals surface area (Å²) in [6.45, 7) is 4.51. The third kappa shape index (κ3) is 4.10. The number of alkyl halides is 1. The molecule has 1 unspecified atom stereocenters. The highest BCUT2D eigenvalue weighted by Crippen LogP contribution is 2.34. The Labute approximate surface area is 115 Å². The van der Waals surface area contributed by atoms with Crippen LogP contribution in [-0.2, 0) is 0 Å². The zero-order valence-electron chi connectivity index (χ0n) is 9.97. The largest absolute Gasteiger partial charge is 0.496 e. The minimum Gasteiger partial charge on any atom is -0.496 e. The second kappa shape index (κ2) is 6.65. The first-order chi connectivity index (χ1) is 7.54.